The van der Waals surface area contributed by atoms with Gasteiger partial charge in [0.1, 0.15) is 0 Å². The fourth-order valence-electron chi connectivity index (χ4n) is 1.73. The van der Waals surface area contributed by atoms with Gasteiger partial charge in [0, 0.05) is 6.04 Å². The number of hydrogen-bond donors (Lipinski definition) is 2. The van der Waals surface area contributed by atoms with E-state index < -0.39 is 11.6 Å². The third-order valence-corrected chi connectivity index (χ3v) is 2.76. The van der Waals surface area contributed by atoms with Gasteiger partial charge < -0.3 is 11.1 Å². The second kappa shape index (κ2) is 6.42. The van der Waals surface area contributed by atoms with Crippen molar-refractivity contribution >= 4 is 11.4 Å². The molecular formula is C13H20F2N2. The summed E-state index contributed by atoms with van der Waals surface area (Å²) >= 11 is 0. The van der Waals surface area contributed by atoms with E-state index >= 15 is 0 Å². The van der Waals surface area contributed by atoms with Crippen molar-refractivity contribution < 1.29 is 8.78 Å². The molecule has 0 bridgehead atoms. The van der Waals surface area contributed by atoms with Gasteiger partial charge in [-0.25, -0.2) is 8.78 Å². The number of hydrogen-bond acceptors (Lipinski definition) is 2. The van der Waals surface area contributed by atoms with Gasteiger partial charge in [-0.3, -0.25) is 0 Å². The third-order valence-electron chi connectivity index (χ3n) is 2.76. The summed E-state index contributed by atoms with van der Waals surface area (Å²) in [6.45, 7) is 4.07. The summed E-state index contributed by atoms with van der Waals surface area (Å²) < 4.78 is 26.5. The van der Waals surface area contributed by atoms with E-state index in [1.807, 2.05) is 6.92 Å². The van der Waals surface area contributed by atoms with E-state index in [1.165, 1.54) is 6.07 Å². The Bertz CT molecular complexity index is 367. The molecule has 0 aliphatic rings. The molecular weight excluding hydrogens is 222 g/mol. The molecule has 3 N–H and O–H groups in total. The lowest BCUT2D eigenvalue weighted by Crippen LogP contribution is -2.17. The molecule has 0 saturated carbocycles. The Kier molecular flexibility index (Phi) is 5.19. The molecule has 0 aliphatic carbocycles. The molecule has 1 atom stereocenters. The van der Waals surface area contributed by atoms with Crippen LogP contribution in [-0.4, -0.2) is 6.04 Å². The van der Waals surface area contributed by atoms with Gasteiger partial charge in [-0.05, 0) is 25.5 Å². The molecule has 17 heavy (non-hydrogen) atoms. The number of halogens is 2. The first kappa shape index (κ1) is 13.7. The van der Waals surface area contributed by atoms with Crippen molar-refractivity contribution in [3.05, 3.63) is 23.8 Å². The van der Waals surface area contributed by atoms with Crippen molar-refractivity contribution in [3.8, 4) is 0 Å². The summed E-state index contributed by atoms with van der Waals surface area (Å²) in [5, 5.41) is 2.94. The molecule has 1 rings (SSSR count). The van der Waals surface area contributed by atoms with Gasteiger partial charge in [0.15, 0.2) is 11.6 Å². The normalized spacial score (nSPS) is 12.5. The van der Waals surface area contributed by atoms with Crippen LogP contribution in [0.25, 0.3) is 0 Å². The Hall–Kier alpha value is -1.32. The lowest BCUT2D eigenvalue weighted by atomic mass is 10.1. The lowest BCUT2D eigenvalue weighted by molar-refractivity contribution is 0.509. The van der Waals surface area contributed by atoms with Crippen LogP contribution in [0.5, 0.6) is 0 Å². The molecule has 0 aromatic heterocycles. The molecule has 1 aromatic carbocycles. The number of nitrogens with one attached hydrogen (secondary N) is 1. The van der Waals surface area contributed by atoms with Crippen LogP contribution in [0.3, 0.4) is 0 Å². The lowest BCUT2D eigenvalue weighted by Gasteiger charge is -2.17. The standard InChI is InChI=1S/C13H20F2N2/c1-3-4-5-6-9(2)17-13-11(16)8-7-10(14)12(13)15/h7-9,17H,3-6,16H2,1-2H3. The first-order valence-electron chi connectivity index (χ1n) is 6.06. The molecule has 2 nitrogen and oxygen atoms in total. The van der Waals surface area contributed by atoms with Gasteiger partial charge in [-0.2, -0.15) is 0 Å². The average molecular weight is 242 g/mol. The van der Waals surface area contributed by atoms with Crippen LogP contribution in [-0.2, 0) is 0 Å². The van der Waals surface area contributed by atoms with Gasteiger partial charge in [0.2, 0.25) is 0 Å². The quantitative estimate of drug-likeness (QED) is 0.586. The van der Waals surface area contributed by atoms with Gasteiger partial charge in [0.25, 0.3) is 0 Å². The minimum absolute atomic E-state index is 0.0778. The number of rotatable bonds is 6. The minimum Gasteiger partial charge on any atom is -0.397 e. The van der Waals surface area contributed by atoms with E-state index in [1.54, 1.807) is 0 Å². The SMILES string of the molecule is CCCCCC(C)Nc1c(N)ccc(F)c1F. The zero-order valence-corrected chi connectivity index (χ0v) is 10.4. The summed E-state index contributed by atoms with van der Waals surface area (Å²) in [4.78, 5) is 0. The van der Waals surface area contributed by atoms with E-state index in [4.69, 9.17) is 5.73 Å². The molecule has 96 valence electrons. The Labute approximate surface area is 101 Å². The zero-order valence-electron chi connectivity index (χ0n) is 10.4. The van der Waals surface area contributed by atoms with E-state index in [2.05, 4.69) is 12.2 Å². The number of benzene rings is 1. The van der Waals surface area contributed by atoms with Crippen LogP contribution in [0.15, 0.2) is 12.1 Å². The molecule has 1 unspecified atom stereocenters. The monoisotopic (exact) mass is 242 g/mol. The zero-order chi connectivity index (χ0) is 12.8. The predicted molar refractivity (Wildman–Crippen MR) is 68.0 cm³/mol. The maximum Gasteiger partial charge on any atom is 0.183 e. The van der Waals surface area contributed by atoms with Crippen LogP contribution in [0.1, 0.15) is 39.5 Å². The Morgan fingerprint density at radius 3 is 2.65 bits per heavy atom. The third kappa shape index (κ3) is 3.88. The fraction of sp³-hybridized carbons (Fsp3) is 0.538. The molecule has 0 spiro atoms. The first-order valence-corrected chi connectivity index (χ1v) is 6.06. The van der Waals surface area contributed by atoms with E-state index in [-0.39, 0.29) is 17.4 Å². The van der Waals surface area contributed by atoms with Crippen LogP contribution < -0.4 is 11.1 Å². The number of anilines is 2. The second-order valence-corrected chi connectivity index (χ2v) is 4.37. The van der Waals surface area contributed by atoms with Crippen molar-refractivity contribution in [3.63, 3.8) is 0 Å². The summed E-state index contributed by atoms with van der Waals surface area (Å²) in [5.41, 5.74) is 5.94. The first-order chi connectivity index (χ1) is 8.06. The van der Waals surface area contributed by atoms with Crippen LogP contribution in [0.4, 0.5) is 20.2 Å². The highest BCUT2D eigenvalue weighted by atomic mass is 19.2. The molecule has 0 radical (unpaired) electrons. The number of unbranched alkanes of at least 4 members (excludes halogenated alkanes) is 2. The van der Waals surface area contributed by atoms with E-state index in [0.717, 1.165) is 31.7 Å². The highest BCUT2D eigenvalue weighted by molar-refractivity contribution is 5.67. The van der Waals surface area contributed by atoms with Crippen molar-refractivity contribution in [1.82, 2.24) is 0 Å². The average Bonchev–Trinajstić information content (AvgIpc) is 2.30. The maximum absolute atomic E-state index is 13.5. The Balaban J connectivity index is 2.64. The molecule has 0 saturated heterocycles. The summed E-state index contributed by atoms with van der Waals surface area (Å²) in [6.07, 6.45) is 4.28. The largest absolute Gasteiger partial charge is 0.397 e. The molecule has 0 fully saturated rings. The molecule has 0 amide bonds. The molecule has 1 aromatic rings. The smallest absolute Gasteiger partial charge is 0.183 e. The second-order valence-electron chi connectivity index (χ2n) is 4.37. The number of nitrogen functional groups attached to an aromatic ring is 1. The molecule has 0 aliphatic heterocycles. The van der Waals surface area contributed by atoms with Gasteiger partial charge in [-0.15, -0.1) is 0 Å². The molecule has 4 heteroatoms. The molecule has 0 heterocycles. The summed E-state index contributed by atoms with van der Waals surface area (Å²) in [6, 6.07) is 2.50. The summed E-state index contributed by atoms with van der Waals surface area (Å²) in [5.74, 6) is -1.77. The Morgan fingerprint density at radius 1 is 1.29 bits per heavy atom. The van der Waals surface area contributed by atoms with Gasteiger partial charge >= 0.3 is 0 Å². The van der Waals surface area contributed by atoms with Crippen molar-refractivity contribution in [2.75, 3.05) is 11.1 Å². The highest BCUT2D eigenvalue weighted by Crippen LogP contribution is 2.25. The highest BCUT2D eigenvalue weighted by Gasteiger charge is 2.13. The van der Waals surface area contributed by atoms with Crippen molar-refractivity contribution in [2.45, 2.75) is 45.6 Å². The van der Waals surface area contributed by atoms with Gasteiger partial charge in [0.05, 0.1) is 11.4 Å². The summed E-state index contributed by atoms with van der Waals surface area (Å²) in [7, 11) is 0. The van der Waals surface area contributed by atoms with Gasteiger partial charge in [-0.1, -0.05) is 26.2 Å². The van der Waals surface area contributed by atoms with Crippen LogP contribution in [0.2, 0.25) is 0 Å². The van der Waals surface area contributed by atoms with Crippen molar-refractivity contribution in [2.24, 2.45) is 0 Å². The van der Waals surface area contributed by atoms with E-state index in [9.17, 15) is 8.78 Å². The number of nitrogens with two attached hydrogens (primary N) is 1. The fourth-order valence-corrected chi connectivity index (χ4v) is 1.73. The van der Waals surface area contributed by atoms with Crippen molar-refractivity contribution in [1.29, 1.82) is 0 Å². The minimum atomic E-state index is -0.896. The predicted octanol–water partition coefficient (Wildman–Crippen LogP) is 3.93. The van der Waals surface area contributed by atoms with E-state index in [0.29, 0.717) is 0 Å². The Morgan fingerprint density at radius 2 is 2.00 bits per heavy atom. The topological polar surface area (TPSA) is 38.0 Å². The maximum atomic E-state index is 13.5. The van der Waals surface area contributed by atoms with Crippen LogP contribution >= 0.6 is 0 Å². The van der Waals surface area contributed by atoms with Crippen LogP contribution in [0, 0.1) is 11.6 Å².